The van der Waals surface area contributed by atoms with E-state index in [1.165, 1.54) is 0 Å². The minimum atomic E-state index is 0. The molecule has 0 amide bonds. The Kier molecular flexibility index (Phi) is 9.10. The van der Waals surface area contributed by atoms with Crippen LogP contribution in [-0.2, 0) is 13.1 Å². The highest BCUT2D eigenvalue weighted by Gasteiger charge is 2.38. The van der Waals surface area contributed by atoms with Crippen molar-refractivity contribution in [1.82, 2.24) is 0 Å². The number of halogens is 6. The molecule has 0 fully saturated rings. The normalized spacial score (nSPS) is 15.8. The average molecular weight is 612 g/mol. The molecule has 2 nitrogen and oxygen atoms in total. The number of quaternary nitrogens is 2. The molecule has 1 aliphatic heterocycles. The first kappa shape index (κ1) is 23.8. The second-order valence-electron chi connectivity index (χ2n) is 6.89. The van der Waals surface area contributed by atoms with Crippen LogP contribution in [0.2, 0.25) is 20.1 Å². The predicted octanol–water partition coefficient (Wildman–Crippen LogP) is -1.53. The van der Waals surface area contributed by atoms with Gasteiger partial charge in [0.05, 0.1) is 48.3 Å². The van der Waals surface area contributed by atoms with Gasteiger partial charge < -0.3 is 56.9 Å². The Balaban J connectivity index is 0.00000220. The Bertz CT molecular complexity index is 522. The number of hydrogen-bond donors (Lipinski definition) is 0. The molecule has 1 aliphatic rings. The Labute approximate surface area is 187 Å². The summed E-state index contributed by atoms with van der Waals surface area (Å²) in [6.07, 6.45) is 0. The van der Waals surface area contributed by atoms with E-state index in [0.717, 1.165) is 46.3 Å². The number of fused-ring (bicyclic) bond motifs is 1. The first-order valence-electron chi connectivity index (χ1n) is 6.52. The van der Waals surface area contributed by atoms with E-state index in [-0.39, 0.29) is 48.0 Å². The molecule has 0 bridgehead atoms. The molecule has 0 saturated carbocycles. The van der Waals surface area contributed by atoms with Crippen LogP contribution in [0.15, 0.2) is 0 Å². The van der Waals surface area contributed by atoms with Crippen molar-refractivity contribution in [1.29, 1.82) is 0 Å². The van der Waals surface area contributed by atoms with E-state index >= 15 is 0 Å². The van der Waals surface area contributed by atoms with Gasteiger partial charge in [0.2, 0.25) is 0 Å². The highest BCUT2D eigenvalue weighted by atomic mass is 127. The second-order valence-corrected chi connectivity index (χ2v) is 8.40. The van der Waals surface area contributed by atoms with Crippen LogP contribution >= 0.6 is 46.4 Å². The summed E-state index contributed by atoms with van der Waals surface area (Å²) in [6.45, 7) is 3.84. The monoisotopic (exact) mass is 610 g/mol. The van der Waals surface area contributed by atoms with Crippen LogP contribution in [0.4, 0.5) is 0 Å². The molecule has 2 rings (SSSR count). The van der Waals surface area contributed by atoms with Gasteiger partial charge in [0.25, 0.3) is 0 Å². The van der Waals surface area contributed by atoms with Crippen molar-refractivity contribution < 1.29 is 56.9 Å². The van der Waals surface area contributed by atoms with E-state index in [0.29, 0.717) is 20.1 Å². The van der Waals surface area contributed by atoms with Gasteiger partial charge in [0.15, 0.2) is 0 Å². The molecule has 1 aromatic rings. The average Bonchev–Trinajstić information content (AvgIpc) is 2.70. The van der Waals surface area contributed by atoms with Crippen LogP contribution in [0.1, 0.15) is 11.1 Å². The van der Waals surface area contributed by atoms with E-state index in [9.17, 15) is 0 Å². The van der Waals surface area contributed by atoms with Gasteiger partial charge in [-0.25, -0.2) is 0 Å². The highest BCUT2D eigenvalue weighted by molar-refractivity contribution is 6.52. The summed E-state index contributed by atoms with van der Waals surface area (Å²) in [5.41, 5.74) is 2.10. The van der Waals surface area contributed by atoms with Gasteiger partial charge in [-0.1, -0.05) is 46.4 Å². The molecule has 22 heavy (non-hydrogen) atoms. The third-order valence-corrected chi connectivity index (χ3v) is 5.74. The van der Waals surface area contributed by atoms with Crippen molar-refractivity contribution in [2.75, 3.05) is 41.3 Å². The smallest absolute Gasteiger partial charge is 0.129 e. The minimum absolute atomic E-state index is 0. The Morgan fingerprint density at radius 1 is 0.818 bits per heavy atom. The van der Waals surface area contributed by atoms with Crippen LogP contribution in [-0.4, -0.2) is 50.2 Å². The highest BCUT2D eigenvalue weighted by Crippen LogP contribution is 2.46. The van der Waals surface area contributed by atoms with Crippen LogP contribution in [0, 0.1) is 0 Å². The van der Waals surface area contributed by atoms with E-state index < -0.39 is 0 Å². The quantitative estimate of drug-likeness (QED) is 0.169. The fraction of sp³-hybridized carbons (Fsp3) is 0.571. The van der Waals surface area contributed by atoms with Crippen LogP contribution in [0.25, 0.3) is 0 Å². The number of hydrogen-bond acceptors (Lipinski definition) is 0. The van der Waals surface area contributed by atoms with Crippen molar-refractivity contribution in [2.45, 2.75) is 13.1 Å². The van der Waals surface area contributed by atoms with E-state index in [1.807, 2.05) is 0 Å². The maximum atomic E-state index is 6.34. The van der Waals surface area contributed by atoms with E-state index in [2.05, 4.69) is 28.2 Å². The molecule has 0 aliphatic carbocycles. The topological polar surface area (TPSA) is 0 Å². The van der Waals surface area contributed by atoms with Gasteiger partial charge in [0, 0.05) is 11.1 Å². The molecular weight excluding hydrogens is 592 g/mol. The summed E-state index contributed by atoms with van der Waals surface area (Å²) in [5, 5.41) is 1.86. The molecule has 0 radical (unpaired) electrons. The van der Waals surface area contributed by atoms with Crippen LogP contribution in [0.3, 0.4) is 0 Å². The van der Waals surface area contributed by atoms with Crippen molar-refractivity contribution in [2.24, 2.45) is 0 Å². The Morgan fingerprint density at radius 2 is 1.18 bits per heavy atom. The second kappa shape index (κ2) is 8.43. The minimum Gasteiger partial charge on any atom is -1.00 e. The zero-order valence-corrected chi connectivity index (χ0v) is 20.3. The first-order valence-corrected chi connectivity index (χ1v) is 8.03. The predicted molar refractivity (Wildman–Crippen MR) is 87.8 cm³/mol. The molecule has 1 aromatic carbocycles. The van der Waals surface area contributed by atoms with E-state index in [1.54, 1.807) is 0 Å². The molecule has 0 saturated heterocycles. The standard InChI is InChI=1S/C14H20Cl4N2.2HI/c1-19(2,3)5-6-20(4)7-9-10(8-20)12(16)14(18)13(17)11(9)15;;/h5-8H2,1-4H3;2*1H/q+2;;/p-2. The molecule has 0 atom stereocenters. The molecule has 1 heterocycles. The maximum Gasteiger partial charge on any atom is 0.129 e. The van der Waals surface area contributed by atoms with Crippen LogP contribution in [0.5, 0.6) is 0 Å². The molecule has 128 valence electrons. The molecule has 0 unspecified atom stereocenters. The lowest BCUT2D eigenvalue weighted by Gasteiger charge is -2.33. The summed E-state index contributed by atoms with van der Waals surface area (Å²) >= 11 is 25.0. The number of benzene rings is 1. The number of nitrogens with zero attached hydrogens (tertiary/aromatic N) is 2. The van der Waals surface area contributed by atoms with Gasteiger partial charge in [-0.05, 0) is 0 Å². The maximum absolute atomic E-state index is 6.34. The van der Waals surface area contributed by atoms with Crippen molar-refractivity contribution >= 4 is 46.4 Å². The van der Waals surface area contributed by atoms with Gasteiger partial charge in [0.1, 0.15) is 26.2 Å². The summed E-state index contributed by atoms with van der Waals surface area (Å²) in [4.78, 5) is 0. The zero-order valence-electron chi connectivity index (χ0n) is 13.0. The van der Waals surface area contributed by atoms with Gasteiger partial charge in [-0.15, -0.1) is 0 Å². The number of rotatable bonds is 3. The van der Waals surface area contributed by atoms with Gasteiger partial charge in [-0.2, -0.15) is 0 Å². The molecule has 8 heteroatoms. The lowest BCUT2D eigenvalue weighted by Crippen LogP contribution is -3.00. The number of likely N-dealkylation sites (N-methyl/N-ethyl adjacent to an activating group) is 2. The largest absolute Gasteiger partial charge is 1.00 e. The lowest BCUT2D eigenvalue weighted by molar-refractivity contribution is -0.961. The molecule has 0 N–H and O–H groups in total. The SMILES string of the molecule is C[N+](C)(C)CC[N+]1(C)Cc2c(Cl)c(Cl)c(Cl)c(Cl)c2C1.[I-].[I-]. The van der Waals surface area contributed by atoms with Crippen molar-refractivity contribution in [3.05, 3.63) is 31.2 Å². The summed E-state index contributed by atoms with van der Waals surface area (Å²) in [6, 6.07) is 0. The third kappa shape index (κ3) is 5.13. The summed E-state index contributed by atoms with van der Waals surface area (Å²) in [7, 11) is 8.82. The van der Waals surface area contributed by atoms with Gasteiger partial charge in [-0.3, -0.25) is 0 Å². The summed E-state index contributed by atoms with van der Waals surface area (Å²) < 4.78 is 1.83. The van der Waals surface area contributed by atoms with E-state index in [4.69, 9.17) is 46.4 Å². The molecule has 0 spiro atoms. The Morgan fingerprint density at radius 3 is 1.50 bits per heavy atom. The lowest BCUT2D eigenvalue weighted by atomic mass is 10.1. The van der Waals surface area contributed by atoms with Crippen molar-refractivity contribution in [3.8, 4) is 0 Å². The molecule has 0 aromatic heterocycles. The zero-order chi connectivity index (χ0) is 15.3. The fourth-order valence-electron chi connectivity index (χ4n) is 2.57. The molecular formula is C14H20Cl4I2N2. The fourth-order valence-corrected chi connectivity index (χ4v) is 3.62. The Hall–Kier alpha value is 1.76. The van der Waals surface area contributed by atoms with Crippen LogP contribution < -0.4 is 48.0 Å². The van der Waals surface area contributed by atoms with Gasteiger partial charge >= 0.3 is 0 Å². The first-order chi connectivity index (χ1) is 9.04. The third-order valence-electron chi connectivity index (χ3n) is 3.86. The summed E-state index contributed by atoms with van der Waals surface area (Å²) in [5.74, 6) is 0. The van der Waals surface area contributed by atoms with Crippen molar-refractivity contribution in [3.63, 3.8) is 0 Å².